The summed E-state index contributed by atoms with van der Waals surface area (Å²) in [7, 11) is 0. The zero-order valence-electron chi connectivity index (χ0n) is 15.3. The lowest BCUT2D eigenvalue weighted by atomic mass is 9.92. The summed E-state index contributed by atoms with van der Waals surface area (Å²) in [6.45, 7) is 2.33. The Hall–Kier alpha value is -3.33. The molecule has 2 aliphatic rings. The number of nitrogens with zero attached hydrogens (tertiary/aromatic N) is 2. The molecule has 0 radical (unpaired) electrons. The number of nitro groups is 1. The summed E-state index contributed by atoms with van der Waals surface area (Å²) in [5.41, 5.74) is -0.374. The Morgan fingerprint density at radius 2 is 1.90 bits per heavy atom. The van der Waals surface area contributed by atoms with Crippen molar-refractivity contribution in [3.05, 3.63) is 62.7 Å². The maximum Gasteiger partial charge on any atom is 0.325 e. The van der Waals surface area contributed by atoms with Gasteiger partial charge in [0, 0.05) is 12.1 Å². The molecule has 2 aliphatic heterocycles. The summed E-state index contributed by atoms with van der Waals surface area (Å²) >= 11 is 6.23. The van der Waals surface area contributed by atoms with Gasteiger partial charge in [-0.05, 0) is 42.3 Å². The molecule has 1 fully saturated rings. The summed E-state index contributed by atoms with van der Waals surface area (Å²) in [6.07, 6.45) is 0. The first-order valence-electron chi connectivity index (χ1n) is 8.76. The Balaban J connectivity index is 1.60. The molecule has 0 saturated carbocycles. The number of nitro benzene ring substituents is 1. The van der Waals surface area contributed by atoms with Crippen LogP contribution in [0.25, 0.3) is 0 Å². The van der Waals surface area contributed by atoms with Crippen molar-refractivity contribution < 1.29 is 24.0 Å². The molecule has 29 heavy (non-hydrogen) atoms. The number of urea groups is 1. The lowest BCUT2D eigenvalue weighted by molar-refractivity contribution is -0.384. The van der Waals surface area contributed by atoms with Crippen LogP contribution < -0.4 is 14.8 Å². The second-order valence-electron chi connectivity index (χ2n) is 6.85. The third kappa shape index (κ3) is 3.23. The van der Waals surface area contributed by atoms with E-state index in [2.05, 4.69) is 5.32 Å². The van der Waals surface area contributed by atoms with E-state index in [0.29, 0.717) is 40.9 Å². The molecule has 0 spiro atoms. The summed E-state index contributed by atoms with van der Waals surface area (Å²) in [4.78, 5) is 37.0. The fraction of sp³-hybridized carbons (Fsp3) is 0.263. The van der Waals surface area contributed by atoms with E-state index in [-0.39, 0.29) is 12.2 Å². The van der Waals surface area contributed by atoms with Crippen molar-refractivity contribution in [1.29, 1.82) is 0 Å². The van der Waals surface area contributed by atoms with Gasteiger partial charge in [0.15, 0.2) is 11.5 Å². The van der Waals surface area contributed by atoms with E-state index in [4.69, 9.17) is 21.1 Å². The summed E-state index contributed by atoms with van der Waals surface area (Å²) < 4.78 is 11.0. The largest absolute Gasteiger partial charge is 0.486 e. The van der Waals surface area contributed by atoms with Crippen molar-refractivity contribution in [2.75, 3.05) is 13.2 Å². The molecule has 4 rings (SSSR count). The first kappa shape index (κ1) is 19.0. The summed E-state index contributed by atoms with van der Waals surface area (Å²) in [5.74, 6) is 0.431. The molecule has 2 heterocycles. The van der Waals surface area contributed by atoms with Crippen LogP contribution in [0.3, 0.4) is 0 Å². The Morgan fingerprint density at radius 3 is 2.59 bits per heavy atom. The van der Waals surface area contributed by atoms with Gasteiger partial charge >= 0.3 is 6.03 Å². The Labute approximate surface area is 170 Å². The first-order chi connectivity index (χ1) is 13.8. The molecule has 1 N–H and O–H groups in total. The summed E-state index contributed by atoms with van der Waals surface area (Å²) in [6, 6.07) is 8.25. The topological polar surface area (TPSA) is 111 Å². The van der Waals surface area contributed by atoms with Crippen LogP contribution in [0.2, 0.25) is 5.02 Å². The van der Waals surface area contributed by atoms with Crippen LogP contribution in [0.1, 0.15) is 18.1 Å². The molecule has 0 aromatic heterocycles. The number of nitrogens with one attached hydrogen (secondary N) is 1. The molecule has 0 bridgehead atoms. The van der Waals surface area contributed by atoms with Gasteiger partial charge in [0.1, 0.15) is 18.8 Å². The minimum Gasteiger partial charge on any atom is -0.486 e. The highest BCUT2D eigenvalue weighted by Gasteiger charge is 2.49. The maximum absolute atomic E-state index is 13.1. The maximum atomic E-state index is 13.1. The van der Waals surface area contributed by atoms with Crippen LogP contribution in [0.15, 0.2) is 36.4 Å². The van der Waals surface area contributed by atoms with E-state index in [1.165, 1.54) is 24.3 Å². The van der Waals surface area contributed by atoms with Gasteiger partial charge in [0.05, 0.1) is 16.5 Å². The number of fused-ring (bicyclic) bond motifs is 1. The Morgan fingerprint density at radius 1 is 1.21 bits per heavy atom. The van der Waals surface area contributed by atoms with Crippen LogP contribution in [0, 0.1) is 10.1 Å². The van der Waals surface area contributed by atoms with Crippen molar-refractivity contribution >= 4 is 29.2 Å². The first-order valence-corrected chi connectivity index (χ1v) is 9.14. The average Bonchev–Trinajstić information content (AvgIpc) is 2.92. The van der Waals surface area contributed by atoms with Crippen molar-refractivity contribution in [2.24, 2.45) is 0 Å². The lowest BCUT2D eigenvalue weighted by Crippen LogP contribution is -2.40. The molecule has 0 aliphatic carbocycles. The molecule has 1 atom stereocenters. The van der Waals surface area contributed by atoms with E-state index >= 15 is 0 Å². The number of non-ortho nitro benzene ring substituents is 1. The van der Waals surface area contributed by atoms with Crippen molar-refractivity contribution in [3.8, 4) is 11.5 Å². The number of ether oxygens (including phenoxy) is 2. The van der Waals surface area contributed by atoms with Gasteiger partial charge in [-0.25, -0.2) is 4.79 Å². The van der Waals surface area contributed by atoms with E-state index < -0.39 is 22.4 Å². The zero-order chi connectivity index (χ0) is 20.8. The predicted octanol–water partition coefficient (Wildman–Crippen LogP) is 2.99. The highest BCUT2D eigenvalue weighted by molar-refractivity contribution is 6.32. The number of hydrogen-bond acceptors (Lipinski definition) is 6. The van der Waals surface area contributed by atoms with Crippen LogP contribution >= 0.6 is 11.6 Å². The molecule has 10 heteroatoms. The number of benzene rings is 2. The molecule has 3 amide bonds. The van der Waals surface area contributed by atoms with Gasteiger partial charge in [-0.15, -0.1) is 0 Å². The highest BCUT2D eigenvalue weighted by Crippen LogP contribution is 2.39. The lowest BCUT2D eigenvalue weighted by Gasteiger charge is -2.23. The van der Waals surface area contributed by atoms with Gasteiger partial charge in [-0.1, -0.05) is 11.6 Å². The highest BCUT2D eigenvalue weighted by atomic mass is 35.5. The van der Waals surface area contributed by atoms with Gasteiger partial charge in [-0.2, -0.15) is 0 Å². The SMILES string of the molecule is C[C@]1(c2ccc([N+](=O)[O-])cc2)NC(=O)N(Cc2cc(Cl)c3c(c2)OCCO3)C1=O. The molecule has 150 valence electrons. The standard InChI is InChI=1S/C19H16ClN3O6/c1-19(12-2-4-13(5-3-12)23(26)27)17(24)22(18(25)21-19)10-11-8-14(20)16-15(9-11)28-6-7-29-16/h2-5,8-9H,6-7,10H2,1H3,(H,21,25)/t19-/m1/s1. The number of imide groups is 1. The minimum atomic E-state index is -1.33. The minimum absolute atomic E-state index is 0.0103. The second-order valence-corrected chi connectivity index (χ2v) is 7.26. The van der Waals surface area contributed by atoms with Crippen LogP contribution in [0.4, 0.5) is 10.5 Å². The van der Waals surface area contributed by atoms with Crippen molar-refractivity contribution in [3.63, 3.8) is 0 Å². The van der Waals surface area contributed by atoms with Gasteiger partial charge in [0.2, 0.25) is 0 Å². The number of halogens is 1. The third-order valence-corrected chi connectivity index (χ3v) is 5.21. The fourth-order valence-electron chi connectivity index (χ4n) is 3.39. The number of rotatable bonds is 4. The van der Waals surface area contributed by atoms with Gasteiger partial charge in [0.25, 0.3) is 11.6 Å². The third-order valence-electron chi connectivity index (χ3n) is 4.93. The smallest absolute Gasteiger partial charge is 0.325 e. The van der Waals surface area contributed by atoms with Crippen LogP contribution in [-0.2, 0) is 16.9 Å². The molecule has 2 aromatic carbocycles. The van der Waals surface area contributed by atoms with Crippen LogP contribution in [-0.4, -0.2) is 35.0 Å². The molecule has 2 aromatic rings. The van der Waals surface area contributed by atoms with E-state index in [1.807, 2.05) is 0 Å². The number of carbonyl (C=O) groups excluding carboxylic acids is 2. The van der Waals surface area contributed by atoms with Crippen LogP contribution in [0.5, 0.6) is 11.5 Å². The molecular formula is C19H16ClN3O6. The molecule has 0 unspecified atom stereocenters. The Bertz CT molecular complexity index is 1030. The van der Waals surface area contributed by atoms with Crippen molar-refractivity contribution in [1.82, 2.24) is 10.2 Å². The molecule has 9 nitrogen and oxygen atoms in total. The van der Waals surface area contributed by atoms with E-state index in [9.17, 15) is 19.7 Å². The van der Waals surface area contributed by atoms with E-state index in [0.717, 1.165) is 4.90 Å². The molecular weight excluding hydrogens is 402 g/mol. The second kappa shape index (κ2) is 6.93. The van der Waals surface area contributed by atoms with E-state index in [1.54, 1.807) is 19.1 Å². The number of carbonyl (C=O) groups is 2. The molecule has 1 saturated heterocycles. The van der Waals surface area contributed by atoms with Crippen molar-refractivity contribution in [2.45, 2.75) is 19.0 Å². The monoisotopic (exact) mass is 417 g/mol. The normalized spacial score (nSPS) is 20.6. The summed E-state index contributed by atoms with van der Waals surface area (Å²) in [5, 5.41) is 13.9. The predicted molar refractivity (Wildman–Crippen MR) is 102 cm³/mol. The van der Waals surface area contributed by atoms with Gasteiger partial charge in [-0.3, -0.25) is 19.8 Å². The fourth-order valence-corrected chi connectivity index (χ4v) is 3.68. The average molecular weight is 418 g/mol. The zero-order valence-corrected chi connectivity index (χ0v) is 16.1. The Kier molecular flexibility index (Phi) is 4.54. The number of amides is 3. The number of hydrogen-bond donors (Lipinski definition) is 1. The quantitative estimate of drug-likeness (QED) is 0.465. The van der Waals surface area contributed by atoms with Gasteiger partial charge < -0.3 is 14.8 Å².